The van der Waals surface area contributed by atoms with Crippen molar-refractivity contribution >= 4 is 17.9 Å². The van der Waals surface area contributed by atoms with Crippen molar-refractivity contribution in [1.29, 1.82) is 0 Å². The van der Waals surface area contributed by atoms with E-state index in [0.29, 0.717) is 0 Å². The normalized spacial score (nSPS) is 9.40. The van der Waals surface area contributed by atoms with Gasteiger partial charge in [0.05, 0.1) is 12.8 Å². The molecule has 0 aromatic rings. The van der Waals surface area contributed by atoms with Crippen LogP contribution >= 0.6 is 0 Å². The number of hydrogen-bond donors (Lipinski definition) is 4. The van der Waals surface area contributed by atoms with Gasteiger partial charge in [0.15, 0.2) is 5.60 Å². The largest absolute Gasteiger partial charge is 0.481 e. The standard InChI is InChI=1S/C6H8O7.2Cu/c7-3(8)1-6(13,5(11)12)2-4(9)10;;/h13H,1-2H2,(H,7,8)(H,9,10)(H,11,12);;. The molecule has 7 nitrogen and oxygen atoms in total. The predicted octanol–water partition coefficient (Wildman–Crippen LogP) is -1.25. The van der Waals surface area contributed by atoms with Crippen molar-refractivity contribution in [2.45, 2.75) is 18.4 Å². The summed E-state index contributed by atoms with van der Waals surface area (Å²) in [7, 11) is 0. The van der Waals surface area contributed by atoms with Crippen LogP contribution in [0.1, 0.15) is 12.8 Å². The molecule has 0 amide bonds. The first-order valence-electron chi connectivity index (χ1n) is 3.17. The van der Waals surface area contributed by atoms with Gasteiger partial charge in [-0.3, -0.25) is 9.59 Å². The van der Waals surface area contributed by atoms with Crippen LogP contribution in [-0.2, 0) is 48.5 Å². The maximum absolute atomic E-state index is 10.3. The minimum Gasteiger partial charge on any atom is -0.481 e. The second kappa shape index (κ2) is 7.67. The summed E-state index contributed by atoms with van der Waals surface area (Å²) < 4.78 is 0. The van der Waals surface area contributed by atoms with Crippen molar-refractivity contribution in [3.63, 3.8) is 0 Å². The Balaban J connectivity index is -0.000000720. The monoisotopic (exact) mass is 318 g/mol. The minimum atomic E-state index is -2.74. The fraction of sp³-hybridized carbons (Fsp3) is 0.500. The van der Waals surface area contributed by atoms with Gasteiger partial charge in [-0.1, -0.05) is 0 Å². The molecule has 2 radical (unpaired) electrons. The third-order valence-electron chi connectivity index (χ3n) is 1.29. The average molecular weight is 319 g/mol. The zero-order chi connectivity index (χ0) is 10.6. The van der Waals surface area contributed by atoms with Gasteiger partial charge in [-0.25, -0.2) is 4.79 Å². The number of hydrogen-bond acceptors (Lipinski definition) is 4. The van der Waals surface area contributed by atoms with Crippen LogP contribution in [0.3, 0.4) is 0 Å². The van der Waals surface area contributed by atoms with Crippen LogP contribution in [0.4, 0.5) is 0 Å². The van der Waals surface area contributed by atoms with Crippen LogP contribution in [-0.4, -0.2) is 43.9 Å². The van der Waals surface area contributed by atoms with Crippen LogP contribution in [0, 0.1) is 0 Å². The average Bonchev–Trinajstić information content (AvgIpc) is 1.82. The first kappa shape index (κ1) is 19.9. The van der Waals surface area contributed by atoms with Gasteiger partial charge in [-0.2, -0.15) is 0 Å². The molecule has 4 N–H and O–H groups in total. The van der Waals surface area contributed by atoms with E-state index in [1.165, 1.54) is 0 Å². The van der Waals surface area contributed by atoms with E-state index in [0.717, 1.165) is 0 Å². The van der Waals surface area contributed by atoms with E-state index in [1.807, 2.05) is 0 Å². The molecule has 0 spiro atoms. The summed E-state index contributed by atoms with van der Waals surface area (Å²) in [6, 6.07) is 0. The molecule has 0 saturated heterocycles. The zero-order valence-corrected chi connectivity index (χ0v) is 8.91. The summed E-state index contributed by atoms with van der Waals surface area (Å²) in [6.45, 7) is 0. The number of aliphatic carboxylic acids is 3. The Hall–Kier alpha value is -0.591. The van der Waals surface area contributed by atoms with Crippen molar-refractivity contribution in [3.8, 4) is 0 Å². The molecule has 0 saturated carbocycles. The van der Waals surface area contributed by atoms with E-state index in [4.69, 9.17) is 20.4 Å². The van der Waals surface area contributed by atoms with Crippen LogP contribution < -0.4 is 0 Å². The molecule has 15 heavy (non-hydrogen) atoms. The van der Waals surface area contributed by atoms with Gasteiger partial charge in [-0.05, 0) is 0 Å². The Kier molecular flexibility index (Phi) is 10.2. The Morgan fingerprint density at radius 2 is 1.13 bits per heavy atom. The third-order valence-corrected chi connectivity index (χ3v) is 1.29. The molecule has 0 heterocycles. The summed E-state index contributed by atoms with van der Waals surface area (Å²) in [5.41, 5.74) is -2.74. The second-order valence-corrected chi connectivity index (χ2v) is 2.48. The molecule has 9 heteroatoms. The molecule has 96 valence electrons. The van der Waals surface area contributed by atoms with Crippen molar-refractivity contribution < 1.29 is 68.9 Å². The van der Waals surface area contributed by atoms with E-state index >= 15 is 0 Å². The van der Waals surface area contributed by atoms with Crippen LogP contribution in [0.5, 0.6) is 0 Å². The molecular formula is C6H8Cu2O7. The van der Waals surface area contributed by atoms with E-state index in [1.54, 1.807) is 0 Å². The molecule has 0 rings (SSSR count). The van der Waals surface area contributed by atoms with Gasteiger partial charge >= 0.3 is 17.9 Å². The molecule has 0 aliphatic rings. The second-order valence-electron chi connectivity index (χ2n) is 2.48. The summed E-state index contributed by atoms with van der Waals surface area (Å²) in [4.78, 5) is 30.5. The number of aliphatic hydroxyl groups is 1. The van der Waals surface area contributed by atoms with Gasteiger partial charge < -0.3 is 20.4 Å². The minimum absolute atomic E-state index is 0. The van der Waals surface area contributed by atoms with Crippen molar-refractivity contribution in [2.24, 2.45) is 0 Å². The molecule has 0 atom stereocenters. The van der Waals surface area contributed by atoms with Gasteiger partial charge in [0, 0.05) is 34.1 Å². The van der Waals surface area contributed by atoms with E-state index in [9.17, 15) is 14.4 Å². The zero-order valence-electron chi connectivity index (χ0n) is 7.03. The molecular weight excluding hydrogens is 311 g/mol. The quantitative estimate of drug-likeness (QED) is 0.465. The van der Waals surface area contributed by atoms with Crippen LogP contribution in [0.15, 0.2) is 0 Å². The maximum atomic E-state index is 10.3. The van der Waals surface area contributed by atoms with Crippen LogP contribution in [0.2, 0.25) is 0 Å². The first-order valence-corrected chi connectivity index (χ1v) is 3.17. The molecule has 0 aromatic carbocycles. The molecule has 0 aliphatic heterocycles. The number of carboxylic acid groups (broad SMARTS) is 3. The van der Waals surface area contributed by atoms with Crippen LogP contribution in [0.25, 0.3) is 0 Å². The van der Waals surface area contributed by atoms with Crippen molar-refractivity contribution in [1.82, 2.24) is 0 Å². The first-order chi connectivity index (χ1) is 5.78. The Morgan fingerprint density at radius 1 is 0.867 bits per heavy atom. The molecule has 0 aromatic heterocycles. The Bertz CT molecular complexity index is 236. The van der Waals surface area contributed by atoms with Gasteiger partial charge in [0.2, 0.25) is 0 Å². The molecule has 0 bridgehead atoms. The Labute approximate surface area is 105 Å². The van der Waals surface area contributed by atoms with E-state index in [2.05, 4.69) is 0 Å². The fourth-order valence-electron chi connectivity index (χ4n) is 0.714. The van der Waals surface area contributed by atoms with E-state index in [-0.39, 0.29) is 34.1 Å². The summed E-state index contributed by atoms with van der Waals surface area (Å²) >= 11 is 0. The predicted molar refractivity (Wildman–Crippen MR) is 37.1 cm³/mol. The summed E-state index contributed by atoms with van der Waals surface area (Å²) in [5, 5.41) is 33.8. The van der Waals surface area contributed by atoms with Crippen molar-refractivity contribution in [2.75, 3.05) is 0 Å². The smallest absolute Gasteiger partial charge is 0.336 e. The molecule has 0 aliphatic carbocycles. The van der Waals surface area contributed by atoms with Gasteiger partial charge in [0.25, 0.3) is 0 Å². The molecule has 0 fully saturated rings. The maximum Gasteiger partial charge on any atom is 0.336 e. The van der Waals surface area contributed by atoms with Gasteiger partial charge in [0.1, 0.15) is 0 Å². The van der Waals surface area contributed by atoms with Gasteiger partial charge in [-0.15, -0.1) is 0 Å². The SMILES string of the molecule is O=C(O)CC(O)(CC(=O)O)C(=O)O.[Cu].[Cu]. The van der Waals surface area contributed by atoms with Crippen molar-refractivity contribution in [3.05, 3.63) is 0 Å². The number of rotatable bonds is 5. The summed E-state index contributed by atoms with van der Waals surface area (Å²) in [5.74, 6) is -5.02. The Morgan fingerprint density at radius 3 is 1.27 bits per heavy atom. The number of carbonyl (C=O) groups is 3. The fourth-order valence-corrected chi connectivity index (χ4v) is 0.714. The molecule has 0 unspecified atom stereocenters. The third kappa shape index (κ3) is 7.35. The topological polar surface area (TPSA) is 132 Å². The van der Waals surface area contributed by atoms with E-state index < -0.39 is 36.4 Å². The summed E-state index contributed by atoms with van der Waals surface area (Å²) in [6.07, 6.45) is -2.29. The number of carboxylic acids is 3.